The number of H-pyrrole nitrogens is 2. The van der Waals surface area contributed by atoms with Gasteiger partial charge < -0.3 is 10.3 Å². The zero-order valence-corrected chi connectivity index (χ0v) is 15.5. The molecule has 0 aliphatic rings. The number of aromatic amines is 2. The number of para-hydroxylation sites is 2. The van der Waals surface area contributed by atoms with Crippen LogP contribution in [0.2, 0.25) is 0 Å². The van der Waals surface area contributed by atoms with Crippen molar-refractivity contribution in [2.24, 2.45) is 0 Å². The van der Waals surface area contributed by atoms with E-state index >= 15 is 0 Å². The second kappa shape index (κ2) is 7.16. The summed E-state index contributed by atoms with van der Waals surface area (Å²) >= 11 is 5.28. The first-order valence-corrected chi connectivity index (χ1v) is 8.93. The summed E-state index contributed by atoms with van der Waals surface area (Å²) in [7, 11) is 0. The van der Waals surface area contributed by atoms with Gasteiger partial charge in [-0.2, -0.15) is 5.10 Å². The Bertz CT molecular complexity index is 1120. The molecule has 0 atom stereocenters. The lowest BCUT2D eigenvalue weighted by atomic mass is 10.1. The van der Waals surface area contributed by atoms with Gasteiger partial charge in [-0.25, -0.2) is 4.98 Å². The first-order chi connectivity index (χ1) is 13.1. The molecule has 0 saturated heterocycles. The van der Waals surface area contributed by atoms with Gasteiger partial charge in [0.15, 0.2) is 10.6 Å². The molecular formula is C19H18N6OS. The number of aryl methyl sites for hydroxylation is 1. The van der Waals surface area contributed by atoms with Crippen molar-refractivity contribution < 1.29 is 4.79 Å². The maximum atomic E-state index is 12.4. The van der Waals surface area contributed by atoms with Gasteiger partial charge in [-0.1, -0.05) is 42.0 Å². The van der Waals surface area contributed by atoms with Crippen molar-refractivity contribution in [2.75, 3.05) is 0 Å². The average molecular weight is 378 g/mol. The van der Waals surface area contributed by atoms with Gasteiger partial charge in [-0.3, -0.25) is 14.5 Å². The van der Waals surface area contributed by atoms with Gasteiger partial charge in [0.2, 0.25) is 5.91 Å². The number of nitrogens with one attached hydrogen (secondary N) is 3. The van der Waals surface area contributed by atoms with Crippen LogP contribution in [0.3, 0.4) is 0 Å². The lowest BCUT2D eigenvalue weighted by molar-refractivity contribution is -0.121. The van der Waals surface area contributed by atoms with Crippen LogP contribution >= 0.6 is 12.2 Å². The van der Waals surface area contributed by atoms with Crippen LogP contribution < -0.4 is 5.32 Å². The number of fused-ring (bicyclic) bond motifs is 1. The maximum Gasteiger partial charge on any atom is 0.240 e. The van der Waals surface area contributed by atoms with E-state index in [4.69, 9.17) is 12.2 Å². The highest BCUT2D eigenvalue weighted by Gasteiger charge is 2.13. The van der Waals surface area contributed by atoms with Crippen molar-refractivity contribution in [1.29, 1.82) is 0 Å². The zero-order valence-electron chi connectivity index (χ0n) is 14.7. The molecule has 0 saturated carbocycles. The largest absolute Gasteiger partial charge is 0.347 e. The van der Waals surface area contributed by atoms with Crippen LogP contribution in [0.5, 0.6) is 0 Å². The van der Waals surface area contributed by atoms with E-state index in [9.17, 15) is 4.79 Å². The molecule has 0 aliphatic carbocycles. The van der Waals surface area contributed by atoms with Crippen molar-refractivity contribution in [3.05, 3.63) is 64.7 Å². The third kappa shape index (κ3) is 3.65. The Hall–Kier alpha value is -3.26. The van der Waals surface area contributed by atoms with Crippen molar-refractivity contribution in [3.8, 4) is 11.4 Å². The molecule has 2 aromatic heterocycles. The minimum Gasteiger partial charge on any atom is -0.347 e. The molecule has 0 fully saturated rings. The standard InChI is InChI=1S/C19H18N6OS/c1-12-6-8-13(9-7-12)18-23-24-19(27)25(18)11-17(26)20-10-16-21-14-4-2-3-5-15(14)22-16/h2-9H,10-11H2,1H3,(H,20,26)(H,21,22)(H,24,27). The number of benzene rings is 2. The lowest BCUT2D eigenvalue weighted by Crippen LogP contribution is -2.27. The molecule has 8 heteroatoms. The number of carbonyl (C=O) groups excluding carboxylic acids is 1. The molecule has 0 radical (unpaired) electrons. The predicted octanol–water partition coefficient (Wildman–Crippen LogP) is 3.11. The summed E-state index contributed by atoms with van der Waals surface area (Å²) in [5.74, 6) is 1.18. The van der Waals surface area contributed by atoms with E-state index in [0.29, 0.717) is 23.0 Å². The van der Waals surface area contributed by atoms with Gasteiger partial charge in [0, 0.05) is 5.56 Å². The van der Waals surface area contributed by atoms with Gasteiger partial charge in [0.1, 0.15) is 12.4 Å². The molecule has 4 rings (SSSR count). The van der Waals surface area contributed by atoms with E-state index in [2.05, 4.69) is 25.5 Å². The van der Waals surface area contributed by atoms with Crippen molar-refractivity contribution >= 4 is 29.2 Å². The molecule has 2 heterocycles. The van der Waals surface area contributed by atoms with E-state index in [0.717, 1.165) is 22.2 Å². The topological polar surface area (TPSA) is 91.4 Å². The molecular weight excluding hydrogens is 360 g/mol. The van der Waals surface area contributed by atoms with Crippen LogP contribution in [0, 0.1) is 11.7 Å². The number of nitrogens with zero attached hydrogens (tertiary/aromatic N) is 3. The zero-order chi connectivity index (χ0) is 18.8. The van der Waals surface area contributed by atoms with Crippen LogP contribution in [0.15, 0.2) is 48.5 Å². The third-order valence-electron chi connectivity index (χ3n) is 4.26. The molecule has 3 N–H and O–H groups in total. The van der Waals surface area contributed by atoms with Crippen LogP contribution in [-0.4, -0.2) is 30.6 Å². The molecule has 0 spiro atoms. The maximum absolute atomic E-state index is 12.4. The van der Waals surface area contributed by atoms with Gasteiger partial charge in [0.05, 0.1) is 17.6 Å². The normalized spacial score (nSPS) is 11.0. The van der Waals surface area contributed by atoms with Gasteiger partial charge >= 0.3 is 0 Å². The highest BCUT2D eigenvalue weighted by atomic mass is 32.1. The summed E-state index contributed by atoms with van der Waals surface area (Å²) in [6.07, 6.45) is 0. The van der Waals surface area contributed by atoms with Crippen LogP contribution in [0.4, 0.5) is 0 Å². The average Bonchev–Trinajstić information content (AvgIpc) is 3.24. The second-order valence-corrected chi connectivity index (χ2v) is 6.67. The molecule has 0 aliphatic heterocycles. The Balaban J connectivity index is 1.47. The lowest BCUT2D eigenvalue weighted by Gasteiger charge is -2.07. The van der Waals surface area contributed by atoms with Crippen LogP contribution in [0.25, 0.3) is 22.4 Å². The van der Waals surface area contributed by atoms with Crippen molar-refractivity contribution in [1.82, 2.24) is 30.0 Å². The number of hydrogen-bond acceptors (Lipinski definition) is 4. The summed E-state index contributed by atoms with van der Waals surface area (Å²) in [6.45, 7) is 2.42. The summed E-state index contributed by atoms with van der Waals surface area (Å²) in [5, 5.41) is 9.90. The van der Waals surface area contributed by atoms with E-state index in [1.165, 1.54) is 0 Å². The first kappa shape index (κ1) is 17.2. The Kier molecular flexibility index (Phi) is 4.55. The fraction of sp³-hybridized carbons (Fsp3) is 0.158. The van der Waals surface area contributed by atoms with E-state index in [1.807, 2.05) is 55.5 Å². The van der Waals surface area contributed by atoms with Crippen LogP contribution in [0.1, 0.15) is 11.4 Å². The smallest absolute Gasteiger partial charge is 0.240 e. The molecule has 27 heavy (non-hydrogen) atoms. The van der Waals surface area contributed by atoms with Gasteiger partial charge in [0.25, 0.3) is 0 Å². The number of hydrogen-bond donors (Lipinski definition) is 3. The molecule has 136 valence electrons. The molecule has 0 bridgehead atoms. The van der Waals surface area contributed by atoms with Crippen molar-refractivity contribution in [2.45, 2.75) is 20.0 Å². The number of amides is 1. The fourth-order valence-electron chi connectivity index (χ4n) is 2.86. The van der Waals surface area contributed by atoms with Crippen LogP contribution in [-0.2, 0) is 17.9 Å². The minimum absolute atomic E-state index is 0.0821. The Morgan fingerprint density at radius 2 is 1.96 bits per heavy atom. The Morgan fingerprint density at radius 1 is 1.19 bits per heavy atom. The summed E-state index contributed by atoms with van der Waals surface area (Å²) in [6, 6.07) is 15.7. The molecule has 1 amide bonds. The monoisotopic (exact) mass is 378 g/mol. The fourth-order valence-corrected chi connectivity index (χ4v) is 3.06. The highest BCUT2D eigenvalue weighted by Crippen LogP contribution is 2.18. The molecule has 4 aromatic rings. The number of imidazole rings is 1. The quantitative estimate of drug-likeness (QED) is 0.465. The summed E-state index contributed by atoms with van der Waals surface area (Å²) < 4.78 is 2.10. The SMILES string of the molecule is Cc1ccc(-c2n[nH]c(=S)n2CC(=O)NCc2nc3ccccc3[nH]2)cc1. The predicted molar refractivity (Wildman–Crippen MR) is 106 cm³/mol. The van der Waals surface area contributed by atoms with E-state index in [-0.39, 0.29) is 12.5 Å². The third-order valence-corrected chi connectivity index (χ3v) is 4.57. The number of rotatable bonds is 5. The number of aromatic nitrogens is 5. The highest BCUT2D eigenvalue weighted by molar-refractivity contribution is 7.71. The van der Waals surface area contributed by atoms with E-state index in [1.54, 1.807) is 4.57 Å². The summed E-state index contributed by atoms with van der Waals surface area (Å²) in [5.41, 5.74) is 3.88. The Labute approximate surface area is 160 Å². The summed E-state index contributed by atoms with van der Waals surface area (Å²) in [4.78, 5) is 20.1. The second-order valence-electron chi connectivity index (χ2n) is 6.28. The van der Waals surface area contributed by atoms with Gasteiger partial charge in [-0.15, -0.1) is 0 Å². The first-order valence-electron chi connectivity index (χ1n) is 8.53. The van der Waals surface area contributed by atoms with E-state index < -0.39 is 0 Å². The van der Waals surface area contributed by atoms with Crippen molar-refractivity contribution in [3.63, 3.8) is 0 Å². The molecule has 2 aromatic carbocycles. The molecule has 0 unspecified atom stereocenters. The number of carbonyl (C=O) groups is 1. The minimum atomic E-state index is -0.165. The van der Waals surface area contributed by atoms with Gasteiger partial charge in [-0.05, 0) is 31.3 Å². The Morgan fingerprint density at radius 3 is 2.74 bits per heavy atom. The molecule has 7 nitrogen and oxygen atoms in total.